The number of aliphatic carboxylic acids is 1. The van der Waals surface area contributed by atoms with E-state index >= 15 is 0 Å². The van der Waals surface area contributed by atoms with Crippen molar-refractivity contribution in [2.75, 3.05) is 32.8 Å². The van der Waals surface area contributed by atoms with Crippen molar-refractivity contribution in [2.24, 2.45) is 0 Å². The molecule has 1 saturated heterocycles. The molecule has 2 rings (SSSR count). The molecule has 1 aromatic rings. The minimum absolute atomic E-state index is 0.0521. The Kier molecular flexibility index (Phi) is 6.27. The predicted octanol–water partition coefficient (Wildman–Crippen LogP) is 0.614. The standard InChI is InChI=1S/C12H17Cl2N5O3/c1-7(10(20)21)22-5-4-19-3-2-15-6-8(19)9-16-11(13)18-12(14)17-9/h7-8,15H,2-6H2,1H3,(H,20,21). The number of rotatable bonds is 6. The van der Waals surface area contributed by atoms with Gasteiger partial charge in [0.25, 0.3) is 0 Å². The minimum Gasteiger partial charge on any atom is -0.479 e. The number of carboxylic acid groups (broad SMARTS) is 1. The molecular weight excluding hydrogens is 333 g/mol. The van der Waals surface area contributed by atoms with E-state index in [4.69, 9.17) is 33.0 Å². The molecule has 22 heavy (non-hydrogen) atoms. The Labute approximate surface area is 137 Å². The monoisotopic (exact) mass is 349 g/mol. The predicted molar refractivity (Wildman–Crippen MR) is 80.1 cm³/mol. The molecular formula is C12H17Cl2N5O3. The smallest absolute Gasteiger partial charge is 0.332 e. The van der Waals surface area contributed by atoms with E-state index in [1.165, 1.54) is 6.92 Å². The number of carboxylic acids is 1. The van der Waals surface area contributed by atoms with Crippen LogP contribution in [0.4, 0.5) is 0 Å². The lowest BCUT2D eigenvalue weighted by molar-refractivity contribution is -0.149. The van der Waals surface area contributed by atoms with E-state index in [0.717, 1.165) is 13.1 Å². The quantitative estimate of drug-likeness (QED) is 0.770. The topological polar surface area (TPSA) is 100 Å². The lowest BCUT2D eigenvalue weighted by atomic mass is 10.2. The normalized spacial score (nSPS) is 20.8. The first-order valence-corrected chi connectivity index (χ1v) is 7.59. The highest BCUT2D eigenvalue weighted by molar-refractivity contribution is 6.31. The van der Waals surface area contributed by atoms with Gasteiger partial charge in [-0.05, 0) is 30.1 Å². The summed E-state index contributed by atoms with van der Waals surface area (Å²) >= 11 is 11.6. The van der Waals surface area contributed by atoms with Gasteiger partial charge in [0.2, 0.25) is 10.6 Å². The molecule has 1 aliphatic heterocycles. The van der Waals surface area contributed by atoms with Gasteiger partial charge in [-0.3, -0.25) is 4.90 Å². The van der Waals surface area contributed by atoms with Gasteiger partial charge in [0.05, 0.1) is 12.6 Å². The third-order valence-electron chi connectivity index (χ3n) is 3.34. The Morgan fingerprint density at radius 1 is 1.45 bits per heavy atom. The average Bonchev–Trinajstić information content (AvgIpc) is 2.46. The molecule has 0 spiro atoms. The number of carbonyl (C=O) groups is 1. The van der Waals surface area contributed by atoms with Crippen molar-refractivity contribution >= 4 is 29.2 Å². The molecule has 0 radical (unpaired) electrons. The van der Waals surface area contributed by atoms with Crippen LogP contribution < -0.4 is 5.32 Å². The summed E-state index contributed by atoms with van der Waals surface area (Å²) in [6.07, 6.45) is -0.831. The molecule has 0 aliphatic carbocycles. The van der Waals surface area contributed by atoms with E-state index in [1.807, 2.05) is 0 Å². The molecule has 8 nitrogen and oxygen atoms in total. The van der Waals surface area contributed by atoms with E-state index in [-0.39, 0.29) is 16.6 Å². The van der Waals surface area contributed by atoms with Crippen LogP contribution in [0.25, 0.3) is 0 Å². The highest BCUT2D eigenvalue weighted by Crippen LogP contribution is 2.20. The summed E-state index contributed by atoms with van der Waals surface area (Å²) in [5, 5.41) is 12.2. The molecule has 1 fully saturated rings. The van der Waals surface area contributed by atoms with Crippen molar-refractivity contribution in [1.29, 1.82) is 0 Å². The number of aromatic nitrogens is 3. The van der Waals surface area contributed by atoms with Gasteiger partial charge in [0.1, 0.15) is 0 Å². The third kappa shape index (κ3) is 4.72. The fourth-order valence-electron chi connectivity index (χ4n) is 2.18. The van der Waals surface area contributed by atoms with E-state index in [9.17, 15) is 4.79 Å². The zero-order valence-electron chi connectivity index (χ0n) is 12.0. The number of hydrogen-bond donors (Lipinski definition) is 2. The molecule has 122 valence electrons. The van der Waals surface area contributed by atoms with E-state index in [0.29, 0.717) is 25.5 Å². The Morgan fingerprint density at radius 2 is 2.14 bits per heavy atom. The molecule has 10 heteroatoms. The molecule has 2 N–H and O–H groups in total. The van der Waals surface area contributed by atoms with Crippen LogP contribution in [0.1, 0.15) is 18.8 Å². The maximum Gasteiger partial charge on any atom is 0.332 e. The van der Waals surface area contributed by atoms with Gasteiger partial charge in [0, 0.05) is 26.2 Å². The molecule has 0 saturated carbocycles. The van der Waals surface area contributed by atoms with Crippen molar-refractivity contribution in [1.82, 2.24) is 25.2 Å². The number of hydrogen-bond acceptors (Lipinski definition) is 7. The van der Waals surface area contributed by atoms with Crippen molar-refractivity contribution in [3.8, 4) is 0 Å². The van der Waals surface area contributed by atoms with E-state index in [2.05, 4.69) is 25.2 Å². The van der Waals surface area contributed by atoms with Crippen LogP contribution in [0, 0.1) is 0 Å². The first-order chi connectivity index (χ1) is 10.5. The van der Waals surface area contributed by atoms with Crippen molar-refractivity contribution < 1.29 is 14.6 Å². The first kappa shape index (κ1) is 17.3. The van der Waals surface area contributed by atoms with Gasteiger partial charge in [0.15, 0.2) is 11.9 Å². The number of halogens is 2. The third-order valence-corrected chi connectivity index (χ3v) is 3.68. The van der Waals surface area contributed by atoms with Gasteiger partial charge in [-0.15, -0.1) is 0 Å². The maximum atomic E-state index is 10.7. The van der Waals surface area contributed by atoms with Gasteiger partial charge in [-0.2, -0.15) is 4.98 Å². The summed E-state index contributed by atoms with van der Waals surface area (Å²) in [6, 6.07) is -0.115. The zero-order chi connectivity index (χ0) is 16.1. The van der Waals surface area contributed by atoms with Gasteiger partial charge >= 0.3 is 5.97 Å². The SMILES string of the molecule is CC(OCCN1CCNCC1c1nc(Cl)nc(Cl)n1)C(=O)O. The maximum absolute atomic E-state index is 10.7. The fourth-order valence-corrected chi connectivity index (χ4v) is 2.55. The average molecular weight is 350 g/mol. The Bertz CT molecular complexity index is 513. The highest BCUT2D eigenvalue weighted by atomic mass is 35.5. The van der Waals surface area contributed by atoms with Crippen molar-refractivity contribution in [3.05, 3.63) is 16.4 Å². The summed E-state index contributed by atoms with van der Waals surface area (Å²) in [7, 11) is 0. The van der Waals surface area contributed by atoms with Crippen molar-refractivity contribution in [2.45, 2.75) is 19.1 Å². The van der Waals surface area contributed by atoms with Gasteiger partial charge in [-0.25, -0.2) is 14.8 Å². The lowest BCUT2D eigenvalue weighted by Crippen LogP contribution is -2.48. The molecule has 1 aromatic heterocycles. The lowest BCUT2D eigenvalue weighted by Gasteiger charge is -2.35. The summed E-state index contributed by atoms with van der Waals surface area (Å²) in [4.78, 5) is 24.8. The van der Waals surface area contributed by atoms with Crippen LogP contribution in [0.5, 0.6) is 0 Å². The summed E-state index contributed by atoms with van der Waals surface area (Å²) < 4.78 is 5.27. The van der Waals surface area contributed by atoms with E-state index < -0.39 is 12.1 Å². The second-order valence-electron chi connectivity index (χ2n) is 4.84. The number of piperazine rings is 1. The van der Waals surface area contributed by atoms with E-state index in [1.54, 1.807) is 0 Å². The Morgan fingerprint density at radius 3 is 2.77 bits per heavy atom. The Hall–Kier alpha value is -1.06. The number of nitrogens with zero attached hydrogens (tertiary/aromatic N) is 4. The molecule has 0 aromatic carbocycles. The highest BCUT2D eigenvalue weighted by Gasteiger charge is 2.27. The van der Waals surface area contributed by atoms with Gasteiger partial charge < -0.3 is 15.2 Å². The summed E-state index contributed by atoms with van der Waals surface area (Å²) in [5.74, 6) is -0.489. The van der Waals surface area contributed by atoms with Crippen LogP contribution in [-0.4, -0.2) is 69.8 Å². The molecule has 1 aliphatic rings. The first-order valence-electron chi connectivity index (χ1n) is 6.83. The summed E-state index contributed by atoms with van der Waals surface area (Å²) in [5.41, 5.74) is 0. The van der Waals surface area contributed by atoms with Crippen LogP contribution in [0.3, 0.4) is 0 Å². The molecule has 0 amide bonds. The van der Waals surface area contributed by atoms with Crippen LogP contribution >= 0.6 is 23.2 Å². The Balaban J connectivity index is 2.00. The molecule has 0 bridgehead atoms. The summed E-state index contributed by atoms with van der Waals surface area (Å²) in [6.45, 7) is 4.59. The number of nitrogens with one attached hydrogen (secondary N) is 1. The van der Waals surface area contributed by atoms with Crippen molar-refractivity contribution in [3.63, 3.8) is 0 Å². The van der Waals surface area contributed by atoms with Crippen LogP contribution in [0.15, 0.2) is 0 Å². The fraction of sp³-hybridized carbons (Fsp3) is 0.667. The number of ether oxygens (including phenoxy) is 1. The largest absolute Gasteiger partial charge is 0.479 e. The zero-order valence-corrected chi connectivity index (χ0v) is 13.5. The minimum atomic E-state index is -0.979. The van der Waals surface area contributed by atoms with Gasteiger partial charge in [-0.1, -0.05) is 0 Å². The second-order valence-corrected chi connectivity index (χ2v) is 5.51. The second kappa shape index (κ2) is 7.98. The van der Waals surface area contributed by atoms with Crippen LogP contribution in [0.2, 0.25) is 10.6 Å². The molecule has 2 unspecified atom stereocenters. The molecule has 2 atom stereocenters. The van der Waals surface area contributed by atoms with Crippen LogP contribution in [-0.2, 0) is 9.53 Å². The molecule has 2 heterocycles.